The number of halogens is 1. The minimum absolute atomic E-state index is 0.841. The van der Waals surface area contributed by atoms with Crippen LogP contribution in [0.15, 0.2) is 22.7 Å². The molecule has 0 bridgehead atoms. The van der Waals surface area contributed by atoms with Crippen LogP contribution in [0.3, 0.4) is 0 Å². The fourth-order valence-electron chi connectivity index (χ4n) is 1.52. The van der Waals surface area contributed by atoms with Gasteiger partial charge in [0.15, 0.2) is 0 Å². The second kappa shape index (κ2) is 8.50. The Bertz CT molecular complexity index is 331. The third kappa shape index (κ3) is 5.52. The van der Waals surface area contributed by atoms with Crippen LogP contribution >= 0.6 is 15.9 Å². The molecule has 0 heterocycles. The van der Waals surface area contributed by atoms with Crippen molar-refractivity contribution in [3.63, 3.8) is 0 Å². The number of benzene rings is 1. The van der Waals surface area contributed by atoms with E-state index >= 15 is 0 Å². The van der Waals surface area contributed by atoms with Crippen LogP contribution in [0, 0.1) is 0 Å². The number of rotatable bonds is 8. The molecule has 0 atom stereocenters. The number of unbranched alkanes of at least 4 members (excludes halogenated alkanes) is 1. The van der Waals surface area contributed by atoms with Gasteiger partial charge in [-0.2, -0.15) is 0 Å². The van der Waals surface area contributed by atoms with Crippen LogP contribution < -0.4 is 10.1 Å². The van der Waals surface area contributed by atoms with Gasteiger partial charge in [0.05, 0.1) is 7.11 Å². The standard InChI is InChI=1S/C13H20BrNO2/c1-16-8-4-3-7-15-10-11-5-6-12(17-2)9-13(11)14/h5-6,9,15H,3-4,7-8,10H2,1-2H3. The van der Waals surface area contributed by atoms with Gasteiger partial charge < -0.3 is 14.8 Å². The second-order valence-electron chi connectivity index (χ2n) is 3.83. The van der Waals surface area contributed by atoms with E-state index in [2.05, 4.69) is 27.3 Å². The van der Waals surface area contributed by atoms with E-state index in [-0.39, 0.29) is 0 Å². The van der Waals surface area contributed by atoms with E-state index in [9.17, 15) is 0 Å². The molecule has 0 unspecified atom stereocenters. The van der Waals surface area contributed by atoms with Crippen molar-refractivity contribution in [3.05, 3.63) is 28.2 Å². The van der Waals surface area contributed by atoms with Gasteiger partial charge in [0.1, 0.15) is 5.75 Å². The Morgan fingerprint density at radius 1 is 1.24 bits per heavy atom. The lowest BCUT2D eigenvalue weighted by atomic mass is 10.2. The summed E-state index contributed by atoms with van der Waals surface area (Å²) in [6, 6.07) is 6.04. The van der Waals surface area contributed by atoms with Gasteiger partial charge in [-0.3, -0.25) is 0 Å². The third-order valence-corrected chi connectivity index (χ3v) is 3.27. The number of ether oxygens (including phenoxy) is 2. The first-order chi connectivity index (χ1) is 8.27. The zero-order valence-corrected chi connectivity index (χ0v) is 12.0. The van der Waals surface area contributed by atoms with E-state index in [1.165, 1.54) is 5.56 Å². The van der Waals surface area contributed by atoms with Crippen molar-refractivity contribution in [2.24, 2.45) is 0 Å². The van der Waals surface area contributed by atoms with Crippen LogP contribution in [-0.2, 0) is 11.3 Å². The molecule has 0 saturated heterocycles. The highest BCUT2D eigenvalue weighted by Crippen LogP contribution is 2.22. The summed E-state index contributed by atoms with van der Waals surface area (Å²) in [7, 11) is 3.41. The first kappa shape index (κ1) is 14.5. The quantitative estimate of drug-likeness (QED) is 0.749. The van der Waals surface area contributed by atoms with Crippen LogP contribution in [0.4, 0.5) is 0 Å². The normalized spacial score (nSPS) is 10.5. The van der Waals surface area contributed by atoms with E-state index in [0.29, 0.717) is 0 Å². The van der Waals surface area contributed by atoms with Crippen molar-refractivity contribution >= 4 is 15.9 Å². The van der Waals surface area contributed by atoms with Gasteiger partial charge in [0.2, 0.25) is 0 Å². The summed E-state index contributed by atoms with van der Waals surface area (Å²) >= 11 is 3.54. The number of nitrogens with one attached hydrogen (secondary N) is 1. The molecular weight excluding hydrogens is 282 g/mol. The molecule has 0 aromatic heterocycles. The summed E-state index contributed by atoms with van der Waals surface area (Å²) in [6.07, 6.45) is 2.24. The van der Waals surface area contributed by atoms with Gasteiger partial charge in [-0.15, -0.1) is 0 Å². The molecule has 1 aromatic carbocycles. The van der Waals surface area contributed by atoms with Gasteiger partial charge in [0.25, 0.3) is 0 Å². The van der Waals surface area contributed by atoms with Crippen molar-refractivity contribution in [3.8, 4) is 5.75 Å². The first-order valence-corrected chi connectivity index (χ1v) is 6.59. The average Bonchev–Trinajstić information content (AvgIpc) is 2.35. The van der Waals surface area contributed by atoms with Gasteiger partial charge in [0, 0.05) is 24.7 Å². The number of hydrogen-bond donors (Lipinski definition) is 1. The lowest BCUT2D eigenvalue weighted by Gasteiger charge is -2.08. The van der Waals surface area contributed by atoms with Crippen LogP contribution in [0.1, 0.15) is 18.4 Å². The molecule has 0 aliphatic heterocycles. The highest BCUT2D eigenvalue weighted by molar-refractivity contribution is 9.10. The fraction of sp³-hybridized carbons (Fsp3) is 0.538. The van der Waals surface area contributed by atoms with Crippen molar-refractivity contribution in [2.75, 3.05) is 27.4 Å². The van der Waals surface area contributed by atoms with E-state index < -0.39 is 0 Å². The SMILES string of the molecule is COCCCCNCc1ccc(OC)cc1Br. The molecule has 1 aromatic rings. The maximum Gasteiger partial charge on any atom is 0.120 e. The van der Waals surface area contributed by atoms with Crippen LogP contribution in [0.5, 0.6) is 5.75 Å². The molecule has 0 saturated carbocycles. The van der Waals surface area contributed by atoms with Crippen molar-refractivity contribution < 1.29 is 9.47 Å². The summed E-state index contributed by atoms with van der Waals surface area (Å²) in [4.78, 5) is 0. The lowest BCUT2D eigenvalue weighted by molar-refractivity contribution is 0.192. The van der Waals surface area contributed by atoms with Gasteiger partial charge in [-0.05, 0) is 37.1 Å². The third-order valence-electron chi connectivity index (χ3n) is 2.53. The maximum atomic E-state index is 5.16. The Morgan fingerprint density at radius 3 is 2.71 bits per heavy atom. The molecular formula is C13H20BrNO2. The van der Waals surface area contributed by atoms with E-state index in [1.807, 2.05) is 12.1 Å². The topological polar surface area (TPSA) is 30.5 Å². The van der Waals surface area contributed by atoms with Gasteiger partial charge >= 0.3 is 0 Å². The predicted molar refractivity (Wildman–Crippen MR) is 73.5 cm³/mol. The molecule has 3 nitrogen and oxygen atoms in total. The molecule has 17 heavy (non-hydrogen) atoms. The summed E-state index contributed by atoms with van der Waals surface area (Å²) in [6.45, 7) is 2.73. The van der Waals surface area contributed by atoms with E-state index in [0.717, 1.165) is 42.8 Å². The molecule has 0 aliphatic carbocycles. The van der Waals surface area contributed by atoms with E-state index in [1.54, 1.807) is 14.2 Å². The molecule has 0 radical (unpaired) electrons. The summed E-state index contributed by atoms with van der Waals surface area (Å²) in [5, 5.41) is 3.41. The minimum atomic E-state index is 0.841. The number of hydrogen-bond acceptors (Lipinski definition) is 3. The lowest BCUT2D eigenvalue weighted by Crippen LogP contribution is -2.15. The monoisotopic (exact) mass is 301 g/mol. The van der Waals surface area contributed by atoms with Crippen LogP contribution in [0.2, 0.25) is 0 Å². The zero-order chi connectivity index (χ0) is 12.5. The highest BCUT2D eigenvalue weighted by atomic mass is 79.9. The van der Waals surface area contributed by atoms with Crippen LogP contribution in [-0.4, -0.2) is 27.4 Å². The largest absolute Gasteiger partial charge is 0.497 e. The van der Waals surface area contributed by atoms with Crippen molar-refractivity contribution in [1.82, 2.24) is 5.32 Å². The highest BCUT2D eigenvalue weighted by Gasteiger charge is 2.01. The minimum Gasteiger partial charge on any atom is -0.497 e. The molecule has 0 aliphatic rings. The summed E-state index contributed by atoms with van der Waals surface area (Å²) in [5.74, 6) is 0.876. The predicted octanol–water partition coefficient (Wildman–Crippen LogP) is 2.97. The smallest absolute Gasteiger partial charge is 0.120 e. The molecule has 4 heteroatoms. The maximum absolute atomic E-state index is 5.16. The summed E-state index contributed by atoms with van der Waals surface area (Å²) < 4.78 is 11.2. The first-order valence-electron chi connectivity index (χ1n) is 5.80. The molecule has 1 rings (SSSR count). The molecule has 0 spiro atoms. The van der Waals surface area contributed by atoms with E-state index in [4.69, 9.17) is 9.47 Å². The van der Waals surface area contributed by atoms with Gasteiger partial charge in [-0.25, -0.2) is 0 Å². The number of methoxy groups -OCH3 is 2. The molecule has 96 valence electrons. The molecule has 0 fully saturated rings. The Labute approximate surface area is 112 Å². The van der Waals surface area contributed by atoms with Gasteiger partial charge in [-0.1, -0.05) is 22.0 Å². The Morgan fingerprint density at radius 2 is 2.06 bits per heavy atom. The van der Waals surface area contributed by atoms with Crippen LogP contribution in [0.25, 0.3) is 0 Å². The Kier molecular flexibility index (Phi) is 7.24. The molecule has 0 amide bonds. The van der Waals surface area contributed by atoms with Crippen molar-refractivity contribution in [2.45, 2.75) is 19.4 Å². The Balaban J connectivity index is 2.27. The fourth-order valence-corrected chi connectivity index (χ4v) is 2.02. The zero-order valence-electron chi connectivity index (χ0n) is 10.5. The molecule has 1 N–H and O–H groups in total. The average molecular weight is 302 g/mol. The van der Waals surface area contributed by atoms with Crippen molar-refractivity contribution in [1.29, 1.82) is 0 Å². The Hall–Kier alpha value is -0.580. The second-order valence-corrected chi connectivity index (χ2v) is 4.69. The summed E-state index contributed by atoms with van der Waals surface area (Å²) in [5.41, 5.74) is 1.25.